The number of aryl methyl sites for hydroxylation is 1. The number of piperazine rings is 1. The third-order valence-electron chi connectivity index (χ3n) is 4.26. The molecule has 0 atom stereocenters. The maximum Gasteiger partial charge on any atom is 0.312 e. The van der Waals surface area contributed by atoms with Gasteiger partial charge in [-0.25, -0.2) is 0 Å². The van der Waals surface area contributed by atoms with Gasteiger partial charge < -0.3 is 15.1 Å². The van der Waals surface area contributed by atoms with Gasteiger partial charge >= 0.3 is 11.8 Å². The number of thiophene rings is 1. The monoisotopic (exact) mass is 366 g/mol. The number of nitrogens with one attached hydrogen (secondary N) is 1. The lowest BCUT2D eigenvalue weighted by atomic mass is 10.2. The van der Waals surface area contributed by atoms with Crippen LogP contribution in [-0.2, 0) is 9.59 Å². The van der Waals surface area contributed by atoms with E-state index in [-0.39, 0.29) is 30.7 Å². The summed E-state index contributed by atoms with van der Waals surface area (Å²) in [6, 6.07) is 1.42. The molecule has 1 N–H and O–H groups in total. The second kappa shape index (κ2) is 6.79. The summed E-state index contributed by atoms with van der Waals surface area (Å²) < 4.78 is 0. The summed E-state index contributed by atoms with van der Waals surface area (Å²) in [4.78, 5) is 50.5. The van der Waals surface area contributed by atoms with Crippen LogP contribution in [0.25, 0.3) is 0 Å². The lowest BCUT2D eigenvalue weighted by Crippen LogP contribution is -2.54. The highest BCUT2D eigenvalue weighted by molar-refractivity contribution is 7.14. The van der Waals surface area contributed by atoms with Gasteiger partial charge in [-0.15, -0.1) is 11.3 Å². The zero-order valence-electron chi connectivity index (χ0n) is 13.7. The molecule has 1 saturated carbocycles. The number of nitrogens with zero attached hydrogens (tertiary/aromatic N) is 3. The van der Waals surface area contributed by atoms with E-state index in [1.807, 2.05) is 0 Å². The Morgan fingerprint density at radius 1 is 1.20 bits per heavy atom. The van der Waals surface area contributed by atoms with E-state index in [2.05, 4.69) is 5.32 Å². The average molecular weight is 366 g/mol. The fraction of sp³-hybridized carbons (Fsp3) is 0.533. The Labute approximate surface area is 147 Å². The first-order chi connectivity index (χ1) is 11.9. The quantitative estimate of drug-likeness (QED) is 0.476. The predicted octanol–water partition coefficient (Wildman–Crippen LogP) is 0.528. The molecule has 0 aromatic carbocycles. The Hall–Kier alpha value is -2.49. The Bertz CT molecular complexity index is 734. The fourth-order valence-electron chi connectivity index (χ4n) is 2.65. The molecule has 1 aliphatic heterocycles. The number of hydrogen-bond acceptors (Lipinski definition) is 6. The van der Waals surface area contributed by atoms with Crippen molar-refractivity contribution in [2.75, 3.05) is 26.2 Å². The van der Waals surface area contributed by atoms with Crippen molar-refractivity contribution in [3.05, 3.63) is 25.9 Å². The van der Waals surface area contributed by atoms with Crippen LogP contribution < -0.4 is 5.32 Å². The Balaban J connectivity index is 1.57. The normalized spacial score (nSPS) is 17.3. The van der Waals surface area contributed by atoms with E-state index >= 15 is 0 Å². The smallest absolute Gasteiger partial charge is 0.312 e. The minimum atomic E-state index is -0.591. The van der Waals surface area contributed by atoms with Crippen molar-refractivity contribution in [3.63, 3.8) is 0 Å². The Morgan fingerprint density at radius 3 is 2.32 bits per heavy atom. The summed E-state index contributed by atoms with van der Waals surface area (Å²) in [6.07, 6.45) is 1.82. The molecule has 10 heteroatoms. The van der Waals surface area contributed by atoms with Crippen molar-refractivity contribution in [1.29, 1.82) is 0 Å². The van der Waals surface area contributed by atoms with Crippen molar-refractivity contribution in [2.24, 2.45) is 0 Å². The summed E-state index contributed by atoms with van der Waals surface area (Å²) in [5.41, 5.74) is -0.0566. The molecule has 3 amide bonds. The fourth-order valence-corrected chi connectivity index (χ4v) is 3.60. The first-order valence-electron chi connectivity index (χ1n) is 8.00. The van der Waals surface area contributed by atoms with Crippen molar-refractivity contribution in [2.45, 2.75) is 25.8 Å². The highest BCUT2D eigenvalue weighted by Crippen LogP contribution is 2.29. The average Bonchev–Trinajstić information content (AvgIpc) is 3.32. The highest BCUT2D eigenvalue weighted by atomic mass is 32.1. The van der Waals surface area contributed by atoms with E-state index < -0.39 is 16.7 Å². The topological polar surface area (TPSA) is 113 Å². The van der Waals surface area contributed by atoms with Gasteiger partial charge in [-0.05, 0) is 19.8 Å². The van der Waals surface area contributed by atoms with Crippen molar-refractivity contribution >= 4 is 34.7 Å². The molecule has 1 aromatic rings. The third kappa shape index (κ3) is 3.78. The van der Waals surface area contributed by atoms with Gasteiger partial charge in [0.15, 0.2) is 0 Å². The SMILES string of the molecule is Cc1sc(C(=O)N2CCN(C(=O)C(=O)NC3CC3)CC2)cc1[N+](=O)[O-]. The molecule has 1 aliphatic carbocycles. The lowest BCUT2D eigenvalue weighted by molar-refractivity contribution is -0.385. The summed E-state index contributed by atoms with van der Waals surface area (Å²) >= 11 is 1.09. The van der Waals surface area contributed by atoms with Crippen LogP contribution in [0, 0.1) is 17.0 Å². The van der Waals surface area contributed by atoms with Gasteiger partial charge in [0.05, 0.1) is 14.7 Å². The molecule has 1 aromatic heterocycles. The molecule has 0 radical (unpaired) electrons. The molecular weight excluding hydrogens is 348 g/mol. The van der Waals surface area contributed by atoms with Crippen LogP contribution in [0.3, 0.4) is 0 Å². The second-order valence-electron chi connectivity index (χ2n) is 6.14. The third-order valence-corrected chi connectivity index (χ3v) is 5.29. The Morgan fingerprint density at radius 2 is 1.80 bits per heavy atom. The standard InChI is InChI=1S/C15H18N4O5S/c1-9-11(19(23)24)8-12(25-9)14(21)17-4-6-18(7-5-17)15(22)13(20)16-10-2-3-10/h8,10H,2-7H2,1H3,(H,16,20). The first kappa shape index (κ1) is 17.3. The lowest BCUT2D eigenvalue weighted by Gasteiger charge is -2.34. The maximum absolute atomic E-state index is 12.5. The van der Waals surface area contributed by atoms with Crippen LogP contribution in [0.1, 0.15) is 27.4 Å². The molecule has 134 valence electrons. The van der Waals surface area contributed by atoms with E-state index in [4.69, 9.17) is 0 Å². The van der Waals surface area contributed by atoms with E-state index in [0.29, 0.717) is 22.8 Å². The van der Waals surface area contributed by atoms with Crippen LogP contribution in [-0.4, -0.2) is 64.7 Å². The van der Waals surface area contributed by atoms with Crippen LogP contribution in [0.4, 0.5) is 5.69 Å². The van der Waals surface area contributed by atoms with Crippen LogP contribution in [0.5, 0.6) is 0 Å². The molecule has 0 bridgehead atoms. The number of carbonyl (C=O) groups excluding carboxylic acids is 3. The molecule has 25 heavy (non-hydrogen) atoms. The van der Waals surface area contributed by atoms with Crippen LogP contribution in [0.15, 0.2) is 6.07 Å². The van der Waals surface area contributed by atoms with Crippen molar-refractivity contribution < 1.29 is 19.3 Å². The summed E-state index contributed by atoms with van der Waals surface area (Å²) in [5.74, 6) is -1.44. The molecule has 0 unspecified atom stereocenters. The molecule has 1 saturated heterocycles. The van der Waals surface area contributed by atoms with Gasteiger partial charge in [0.2, 0.25) is 0 Å². The Kier molecular flexibility index (Phi) is 4.71. The van der Waals surface area contributed by atoms with E-state index in [1.54, 1.807) is 11.8 Å². The zero-order chi connectivity index (χ0) is 18.1. The highest BCUT2D eigenvalue weighted by Gasteiger charge is 2.32. The van der Waals surface area contributed by atoms with Gasteiger partial charge in [0, 0.05) is 38.3 Å². The van der Waals surface area contributed by atoms with Crippen molar-refractivity contribution in [1.82, 2.24) is 15.1 Å². The number of hydrogen-bond donors (Lipinski definition) is 1. The van der Waals surface area contributed by atoms with E-state index in [1.165, 1.54) is 11.0 Å². The zero-order valence-corrected chi connectivity index (χ0v) is 14.5. The first-order valence-corrected chi connectivity index (χ1v) is 8.82. The number of amides is 3. The molecule has 2 fully saturated rings. The number of rotatable bonds is 3. The predicted molar refractivity (Wildman–Crippen MR) is 89.4 cm³/mol. The van der Waals surface area contributed by atoms with Gasteiger partial charge in [-0.3, -0.25) is 24.5 Å². The number of nitro groups is 1. The summed E-state index contributed by atoms with van der Waals surface area (Å²) in [5, 5.41) is 13.6. The van der Waals surface area contributed by atoms with Crippen LogP contribution in [0.2, 0.25) is 0 Å². The van der Waals surface area contributed by atoms with Gasteiger partial charge in [-0.1, -0.05) is 0 Å². The molecular formula is C15H18N4O5S. The van der Waals surface area contributed by atoms with Gasteiger partial charge in [0.1, 0.15) is 0 Å². The van der Waals surface area contributed by atoms with Crippen LogP contribution >= 0.6 is 11.3 Å². The summed E-state index contributed by atoms with van der Waals surface area (Å²) in [7, 11) is 0. The van der Waals surface area contributed by atoms with Crippen molar-refractivity contribution in [3.8, 4) is 0 Å². The minimum Gasteiger partial charge on any atom is -0.345 e. The van der Waals surface area contributed by atoms with E-state index in [9.17, 15) is 24.5 Å². The summed E-state index contributed by atoms with van der Waals surface area (Å²) in [6.45, 7) is 2.75. The number of carbonyl (C=O) groups is 3. The molecule has 3 rings (SSSR count). The molecule has 9 nitrogen and oxygen atoms in total. The maximum atomic E-state index is 12.5. The molecule has 0 spiro atoms. The van der Waals surface area contributed by atoms with E-state index in [0.717, 1.165) is 24.2 Å². The largest absolute Gasteiger partial charge is 0.345 e. The molecule has 2 heterocycles. The second-order valence-corrected chi connectivity index (χ2v) is 7.40. The minimum absolute atomic E-state index is 0.0566. The van der Waals surface area contributed by atoms with Gasteiger partial charge in [0.25, 0.3) is 11.6 Å². The molecule has 2 aliphatic rings. The van der Waals surface area contributed by atoms with Gasteiger partial charge in [-0.2, -0.15) is 0 Å².